The molecule has 2 aromatic rings. The summed E-state index contributed by atoms with van der Waals surface area (Å²) in [6.07, 6.45) is 3.84. The van der Waals surface area contributed by atoms with E-state index in [0.717, 1.165) is 40.2 Å². The van der Waals surface area contributed by atoms with E-state index in [1.165, 1.54) is 18.5 Å². The summed E-state index contributed by atoms with van der Waals surface area (Å²) in [4.78, 5) is 22.6. The van der Waals surface area contributed by atoms with Crippen LogP contribution in [0.2, 0.25) is 0 Å². The summed E-state index contributed by atoms with van der Waals surface area (Å²) >= 11 is 0.906. The predicted molar refractivity (Wildman–Crippen MR) is 123 cm³/mol. The number of sulfone groups is 1. The molecule has 1 aliphatic rings. The number of thioether (sulfide) groups is 1. The molecule has 1 radical (unpaired) electrons. The van der Waals surface area contributed by atoms with E-state index >= 15 is 0 Å². The fraction of sp³-hybridized carbons (Fsp3) is 0.476. The van der Waals surface area contributed by atoms with Crippen LogP contribution in [0.15, 0.2) is 34.4 Å². The zero-order chi connectivity index (χ0) is 23.5. The average Bonchev–Trinajstić information content (AvgIpc) is 2.71. The van der Waals surface area contributed by atoms with Crippen LogP contribution in [0, 0.1) is 12.7 Å². The summed E-state index contributed by atoms with van der Waals surface area (Å²) in [5.41, 5.74) is 0.922. The molecular weight excluding hydrogens is 516 g/mol. The fourth-order valence-electron chi connectivity index (χ4n) is 3.17. The van der Waals surface area contributed by atoms with Crippen molar-refractivity contribution in [3.63, 3.8) is 0 Å². The van der Waals surface area contributed by atoms with E-state index in [-0.39, 0.29) is 17.1 Å². The number of nitrogens with zero attached hydrogens (tertiary/aromatic N) is 3. The number of hydrogen-bond donors (Lipinski definition) is 0. The van der Waals surface area contributed by atoms with Crippen molar-refractivity contribution in [2.45, 2.75) is 54.9 Å². The average molecular weight is 543 g/mol. The van der Waals surface area contributed by atoms with E-state index in [9.17, 15) is 17.6 Å². The minimum absolute atomic E-state index is 0.0285. The molecule has 3 rings (SSSR count). The summed E-state index contributed by atoms with van der Waals surface area (Å²) in [6.45, 7) is 6.90. The van der Waals surface area contributed by atoms with Crippen LogP contribution < -0.4 is 8.83 Å². The molecule has 0 saturated carbocycles. The first-order chi connectivity index (χ1) is 15.0. The molecule has 0 aliphatic carbocycles. The Labute approximate surface area is 199 Å². The van der Waals surface area contributed by atoms with E-state index < -0.39 is 31.4 Å². The molecule has 1 aliphatic heterocycles. The third-order valence-electron chi connectivity index (χ3n) is 4.90. The Morgan fingerprint density at radius 1 is 1.28 bits per heavy atom. The minimum atomic E-state index is -3.45. The van der Waals surface area contributed by atoms with Crippen LogP contribution in [0.3, 0.4) is 0 Å². The molecule has 0 N–H and O–H groups in total. The van der Waals surface area contributed by atoms with Gasteiger partial charge in [0.1, 0.15) is 0 Å². The van der Waals surface area contributed by atoms with Crippen molar-refractivity contribution in [3.8, 4) is 0 Å². The van der Waals surface area contributed by atoms with E-state index in [2.05, 4.69) is 9.97 Å². The molecule has 0 bridgehead atoms. The Kier molecular flexibility index (Phi) is 8.22. The fourth-order valence-corrected chi connectivity index (χ4v) is 7.07. The van der Waals surface area contributed by atoms with E-state index in [1.807, 2.05) is 20.8 Å². The van der Waals surface area contributed by atoms with E-state index in [4.69, 9.17) is 4.74 Å². The van der Waals surface area contributed by atoms with Gasteiger partial charge in [0.15, 0.2) is 0 Å². The summed E-state index contributed by atoms with van der Waals surface area (Å²) in [7, 11) is -3.45. The summed E-state index contributed by atoms with van der Waals surface area (Å²) in [5, 5.41) is 1.18. The molecule has 1 fully saturated rings. The Hall–Kier alpha value is -1.64. The van der Waals surface area contributed by atoms with Gasteiger partial charge in [0.25, 0.3) is 0 Å². The van der Waals surface area contributed by atoms with Crippen molar-refractivity contribution in [2.24, 2.45) is 0 Å². The SMILES string of the molecule is Cc1c(SC2CCN(C(=O)OC(C)C)CC2)ncnc1[As]c1ccc(S(C)(=O)=O)cc1F. The van der Waals surface area contributed by atoms with Gasteiger partial charge < -0.3 is 0 Å². The number of carbonyl (C=O) groups is 1. The molecule has 0 spiro atoms. The Morgan fingerprint density at radius 3 is 2.56 bits per heavy atom. The Bertz CT molecular complexity index is 1090. The molecule has 0 atom stereocenters. The number of aromatic nitrogens is 2. The van der Waals surface area contributed by atoms with Crippen molar-refractivity contribution in [1.29, 1.82) is 0 Å². The van der Waals surface area contributed by atoms with E-state index in [1.54, 1.807) is 16.7 Å². The Balaban J connectivity index is 1.66. The first-order valence-corrected chi connectivity index (χ1v) is 14.8. The standard InChI is InChI=1S/C21H26AsFN3O4S2/c1-13(2)30-21(27)26-9-7-15(8-10-26)31-20-14(3)19(24-12-25-20)22-17-6-5-16(11-18(17)23)32(4,28)29/h5-6,11-13,15H,7-10H2,1-4H3. The number of hydrogen-bond acceptors (Lipinski definition) is 7. The van der Waals surface area contributed by atoms with Crippen LogP contribution in [0.5, 0.6) is 0 Å². The molecule has 1 saturated heterocycles. The first kappa shape index (κ1) is 25.0. The Morgan fingerprint density at radius 2 is 1.97 bits per heavy atom. The number of piperidine rings is 1. The third-order valence-corrected chi connectivity index (χ3v) is 10.1. The molecule has 0 unspecified atom stereocenters. The number of halogens is 1. The zero-order valence-corrected chi connectivity index (χ0v) is 21.9. The maximum atomic E-state index is 14.5. The van der Waals surface area contributed by atoms with Crippen LogP contribution in [0.1, 0.15) is 32.3 Å². The van der Waals surface area contributed by atoms with E-state index in [0.29, 0.717) is 22.7 Å². The van der Waals surface area contributed by atoms with Crippen molar-refractivity contribution >= 4 is 52.3 Å². The molecule has 1 aromatic heterocycles. The van der Waals surface area contributed by atoms with Gasteiger partial charge in [-0.3, -0.25) is 0 Å². The molecular formula is C21H26AsFN3O4S2. The second kappa shape index (κ2) is 10.5. The van der Waals surface area contributed by atoms with Crippen LogP contribution in [-0.4, -0.2) is 75.8 Å². The molecule has 1 aromatic carbocycles. The summed E-state index contributed by atoms with van der Waals surface area (Å²) < 4.78 is 44.3. The number of likely N-dealkylation sites (tertiary alicyclic amines) is 1. The van der Waals surface area contributed by atoms with Crippen LogP contribution in [0.25, 0.3) is 0 Å². The topological polar surface area (TPSA) is 89.5 Å². The van der Waals surface area contributed by atoms with Crippen molar-refractivity contribution in [2.75, 3.05) is 19.3 Å². The van der Waals surface area contributed by atoms with Gasteiger partial charge >= 0.3 is 200 Å². The number of carbonyl (C=O) groups excluding carboxylic acids is 1. The second-order valence-corrected chi connectivity index (χ2v) is 13.5. The van der Waals surface area contributed by atoms with Gasteiger partial charge in [-0.2, -0.15) is 0 Å². The number of ether oxygens (including phenoxy) is 1. The normalized spacial score (nSPS) is 15.6. The first-order valence-electron chi connectivity index (χ1n) is 10.2. The van der Waals surface area contributed by atoms with Gasteiger partial charge in [0.2, 0.25) is 0 Å². The van der Waals surface area contributed by atoms with Crippen molar-refractivity contribution in [3.05, 3.63) is 35.9 Å². The monoisotopic (exact) mass is 542 g/mol. The molecule has 2 heterocycles. The predicted octanol–water partition coefficient (Wildman–Crippen LogP) is 2.08. The molecule has 32 heavy (non-hydrogen) atoms. The maximum absolute atomic E-state index is 14.5. The van der Waals surface area contributed by atoms with Gasteiger partial charge in [-0.05, 0) is 0 Å². The molecule has 11 heteroatoms. The second-order valence-electron chi connectivity index (χ2n) is 7.86. The molecule has 173 valence electrons. The quantitative estimate of drug-likeness (QED) is 0.408. The molecule has 1 amide bonds. The van der Waals surface area contributed by atoms with Gasteiger partial charge in [0.05, 0.1) is 0 Å². The number of rotatable bonds is 6. The van der Waals surface area contributed by atoms with Crippen LogP contribution in [0.4, 0.5) is 9.18 Å². The van der Waals surface area contributed by atoms with Gasteiger partial charge in [-0.1, -0.05) is 0 Å². The summed E-state index contributed by atoms with van der Waals surface area (Å²) in [6, 6.07) is 4.05. The van der Waals surface area contributed by atoms with Gasteiger partial charge in [-0.25, -0.2) is 0 Å². The van der Waals surface area contributed by atoms with Crippen LogP contribution >= 0.6 is 11.8 Å². The third kappa shape index (κ3) is 6.45. The molecule has 7 nitrogen and oxygen atoms in total. The number of benzene rings is 1. The van der Waals surface area contributed by atoms with Crippen LogP contribution in [-0.2, 0) is 14.6 Å². The zero-order valence-electron chi connectivity index (χ0n) is 18.4. The summed E-state index contributed by atoms with van der Waals surface area (Å²) in [5.74, 6) is -0.527. The number of amides is 1. The van der Waals surface area contributed by atoms with Crippen molar-refractivity contribution in [1.82, 2.24) is 14.9 Å². The van der Waals surface area contributed by atoms with Crippen molar-refractivity contribution < 1.29 is 22.3 Å². The van der Waals surface area contributed by atoms with Gasteiger partial charge in [0, 0.05) is 0 Å². The van der Waals surface area contributed by atoms with Gasteiger partial charge in [-0.15, -0.1) is 0 Å².